The van der Waals surface area contributed by atoms with Crippen LogP contribution in [0.2, 0.25) is 0 Å². The summed E-state index contributed by atoms with van der Waals surface area (Å²) in [5, 5.41) is 0.551. The molecule has 0 spiro atoms. The zero-order chi connectivity index (χ0) is 8.69. The van der Waals surface area contributed by atoms with Crippen LogP contribution in [-0.2, 0) is 4.74 Å². The largest absolute Gasteiger partial charge is 0.384 e. The number of ether oxygens (including phenoxy) is 1. The van der Waals surface area contributed by atoms with E-state index in [2.05, 4.69) is 13.8 Å². The van der Waals surface area contributed by atoms with Crippen LogP contribution in [-0.4, -0.2) is 30.8 Å². The van der Waals surface area contributed by atoms with E-state index in [0.717, 1.165) is 18.8 Å². The summed E-state index contributed by atoms with van der Waals surface area (Å²) >= 11 is 1.88. The van der Waals surface area contributed by atoms with Crippen LogP contribution in [0.1, 0.15) is 20.3 Å². The van der Waals surface area contributed by atoms with E-state index >= 15 is 0 Å². The maximum atomic E-state index is 5.84. The lowest BCUT2D eigenvalue weighted by molar-refractivity contribution is 0.218. The van der Waals surface area contributed by atoms with Gasteiger partial charge in [-0.15, -0.1) is 0 Å². The first-order valence-electron chi connectivity index (χ1n) is 4.08. The SMILES string of the molecule is CCC(N)C(C)SCCOC. The van der Waals surface area contributed by atoms with Gasteiger partial charge in [0.2, 0.25) is 0 Å². The minimum absolute atomic E-state index is 0.330. The summed E-state index contributed by atoms with van der Waals surface area (Å²) in [6, 6.07) is 0.330. The lowest BCUT2D eigenvalue weighted by Gasteiger charge is -2.17. The summed E-state index contributed by atoms with van der Waals surface area (Å²) in [6.45, 7) is 5.12. The van der Waals surface area contributed by atoms with Gasteiger partial charge in [0.1, 0.15) is 0 Å². The van der Waals surface area contributed by atoms with Gasteiger partial charge in [-0.25, -0.2) is 0 Å². The molecule has 2 N–H and O–H groups in total. The molecule has 2 nitrogen and oxygen atoms in total. The van der Waals surface area contributed by atoms with Crippen LogP contribution in [0, 0.1) is 0 Å². The minimum atomic E-state index is 0.330. The third-order valence-corrected chi connectivity index (χ3v) is 3.02. The predicted molar refractivity (Wildman–Crippen MR) is 52.1 cm³/mol. The van der Waals surface area contributed by atoms with Crippen LogP contribution in [0.4, 0.5) is 0 Å². The molecule has 11 heavy (non-hydrogen) atoms. The normalized spacial score (nSPS) is 16.4. The average Bonchev–Trinajstić information content (AvgIpc) is 2.03. The number of thioether (sulfide) groups is 1. The zero-order valence-corrected chi connectivity index (χ0v) is 8.49. The molecule has 2 atom stereocenters. The van der Waals surface area contributed by atoms with Crippen LogP contribution in [0.3, 0.4) is 0 Å². The van der Waals surface area contributed by atoms with E-state index in [9.17, 15) is 0 Å². The van der Waals surface area contributed by atoms with E-state index in [1.165, 1.54) is 0 Å². The Balaban J connectivity index is 3.28. The highest BCUT2D eigenvalue weighted by Gasteiger charge is 2.09. The molecule has 0 aliphatic carbocycles. The number of nitrogens with two attached hydrogens (primary N) is 1. The van der Waals surface area contributed by atoms with Gasteiger partial charge in [0.05, 0.1) is 6.61 Å². The van der Waals surface area contributed by atoms with Gasteiger partial charge in [-0.05, 0) is 6.42 Å². The van der Waals surface area contributed by atoms with Gasteiger partial charge in [0.15, 0.2) is 0 Å². The van der Waals surface area contributed by atoms with Crippen molar-refractivity contribution in [1.82, 2.24) is 0 Å². The van der Waals surface area contributed by atoms with Crippen molar-refractivity contribution in [2.75, 3.05) is 19.5 Å². The summed E-state index contributed by atoms with van der Waals surface area (Å²) in [6.07, 6.45) is 1.06. The maximum absolute atomic E-state index is 5.84. The maximum Gasteiger partial charge on any atom is 0.0553 e. The van der Waals surface area contributed by atoms with Gasteiger partial charge in [-0.2, -0.15) is 11.8 Å². The zero-order valence-electron chi connectivity index (χ0n) is 7.67. The Hall–Kier alpha value is 0.270. The van der Waals surface area contributed by atoms with Crippen LogP contribution in [0.25, 0.3) is 0 Å². The topological polar surface area (TPSA) is 35.2 Å². The third-order valence-electron chi connectivity index (χ3n) is 1.74. The molecule has 0 fully saturated rings. The Labute approximate surface area is 73.9 Å². The molecule has 0 aliphatic heterocycles. The van der Waals surface area contributed by atoms with E-state index in [0.29, 0.717) is 11.3 Å². The molecule has 0 amide bonds. The van der Waals surface area contributed by atoms with E-state index in [4.69, 9.17) is 10.5 Å². The first-order valence-corrected chi connectivity index (χ1v) is 5.13. The fourth-order valence-corrected chi connectivity index (χ4v) is 1.85. The van der Waals surface area contributed by atoms with Crippen LogP contribution >= 0.6 is 11.8 Å². The molecule has 0 saturated heterocycles. The molecular weight excluding hydrogens is 158 g/mol. The molecule has 0 bridgehead atoms. The molecule has 0 aromatic heterocycles. The van der Waals surface area contributed by atoms with Crippen molar-refractivity contribution >= 4 is 11.8 Å². The minimum Gasteiger partial charge on any atom is -0.384 e. The van der Waals surface area contributed by atoms with Gasteiger partial charge >= 0.3 is 0 Å². The quantitative estimate of drug-likeness (QED) is 0.624. The molecule has 3 heteroatoms. The molecule has 0 aliphatic rings. The lowest BCUT2D eigenvalue weighted by Crippen LogP contribution is -2.29. The van der Waals surface area contributed by atoms with E-state index in [-0.39, 0.29) is 0 Å². The molecule has 0 heterocycles. The van der Waals surface area contributed by atoms with Crippen molar-refractivity contribution in [1.29, 1.82) is 0 Å². The summed E-state index contributed by atoms with van der Waals surface area (Å²) in [5.41, 5.74) is 5.84. The molecule has 0 rings (SSSR count). The van der Waals surface area contributed by atoms with E-state index in [1.807, 2.05) is 11.8 Å². The average molecular weight is 177 g/mol. The predicted octanol–water partition coefficient (Wildman–Crippen LogP) is 1.49. The van der Waals surface area contributed by atoms with Crippen LogP contribution in [0.15, 0.2) is 0 Å². The standard InChI is InChI=1S/C8H19NOS/c1-4-8(9)7(2)11-6-5-10-3/h7-8H,4-6,9H2,1-3H3. The number of hydrogen-bond donors (Lipinski definition) is 1. The molecular formula is C8H19NOS. The third kappa shape index (κ3) is 5.53. The Morgan fingerprint density at radius 3 is 2.64 bits per heavy atom. The van der Waals surface area contributed by atoms with Crippen LogP contribution < -0.4 is 5.73 Å². The summed E-state index contributed by atoms with van der Waals surface area (Å²) in [7, 11) is 1.73. The molecule has 0 radical (unpaired) electrons. The highest BCUT2D eigenvalue weighted by molar-refractivity contribution is 7.99. The second kappa shape index (κ2) is 6.95. The highest BCUT2D eigenvalue weighted by atomic mass is 32.2. The Kier molecular flexibility index (Phi) is 7.12. The molecule has 0 saturated carbocycles. The summed E-state index contributed by atoms with van der Waals surface area (Å²) in [5.74, 6) is 1.05. The van der Waals surface area contributed by atoms with Crippen molar-refractivity contribution in [3.05, 3.63) is 0 Å². The van der Waals surface area contributed by atoms with Crippen molar-refractivity contribution in [2.24, 2.45) is 5.73 Å². The van der Waals surface area contributed by atoms with Gasteiger partial charge in [-0.1, -0.05) is 13.8 Å². The van der Waals surface area contributed by atoms with Gasteiger partial charge in [0.25, 0.3) is 0 Å². The fraction of sp³-hybridized carbons (Fsp3) is 1.00. The van der Waals surface area contributed by atoms with Crippen molar-refractivity contribution in [2.45, 2.75) is 31.6 Å². The smallest absolute Gasteiger partial charge is 0.0553 e. The molecule has 68 valence electrons. The van der Waals surface area contributed by atoms with Gasteiger partial charge < -0.3 is 10.5 Å². The number of methoxy groups -OCH3 is 1. The highest BCUT2D eigenvalue weighted by Crippen LogP contribution is 2.14. The first kappa shape index (κ1) is 11.3. The molecule has 2 unspecified atom stereocenters. The second-order valence-electron chi connectivity index (χ2n) is 2.64. The Morgan fingerprint density at radius 1 is 1.55 bits per heavy atom. The lowest BCUT2D eigenvalue weighted by atomic mass is 10.2. The monoisotopic (exact) mass is 177 g/mol. The van der Waals surface area contributed by atoms with E-state index < -0.39 is 0 Å². The number of hydrogen-bond acceptors (Lipinski definition) is 3. The molecule has 0 aromatic carbocycles. The Morgan fingerprint density at radius 2 is 2.18 bits per heavy atom. The number of rotatable bonds is 6. The van der Waals surface area contributed by atoms with Crippen molar-refractivity contribution in [3.63, 3.8) is 0 Å². The fourth-order valence-electron chi connectivity index (χ4n) is 0.773. The summed E-state index contributed by atoms with van der Waals surface area (Å²) in [4.78, 5) is 0. The van der Waals surface area contributed by atoms with E-state index in [1.54, 1.807) is 7.11 Å². The van der Waals surface area contributed by atoms with Gasteiger partial charge in [-0.3, -0.25) is 0 Å². The Bertz CT molecular complexity index is 90.2. The summed E-state index contributed by atoms with van der Waals surface area (Å²) < 4.78 is 4.94. The second-order valence-corrected chi connectivity index (χ2v) is 4.13. The van der Waals surface area contributed by atoms with Gasteiger partial charge in [0, 0.05) is 24.2 Å². The van der Waals surface area contributed by atoms with Crippen LogP contribution in [0.5, 0.6) is 0 Å². The van der Waals surface area contributed by atoms with Crippen molar-refractivity contribution in [3.8, 4) is 0 Å². The van der Waals surface area contributed by atoms with Crippen molar-refractivity contribution < 1.29 is 4.74 Å². The molecule has 0 aromatic rings. The first-order chi connectivity index (χ1) is 5.22.